The number of para-hydroxylation sites is 1. The van der Waals surface area contributed by atoms with Gasteiger partial charge in [-0.2, -0.15) is 0 Å². The van der Waals surface area contributed by atoms with E-state index in [1.165, 1.54) is 0 Å². The summed E-state index contributed by atoms with van der Waals surface area (Å²) in [5, 5.41) is 8.32. The van der Waals surface area contributed by atoms with Crippen molar-refractivity contribution >= 4 is 17.6 Å². The minimum Gasteiger partial charge on any atom is -0.373 e. The van der Waals surface area contributed by atoms with Crippen molar-refractivity contribution in [2.24, 2.45) is 5.73 Å². The maximum Gasteiger partial charge on any atom is 0.312 e. The molecule has 1 aromatic rings. The fourth-order valence-corrected chi connectivity index (χ4v) is 1.95. The van der Waals surface area contributed by atoms with Gasteiger partial charge in [0.15, 0.2) is 0 Å². The molecule has 0 fully saturated rings. The van der Waals surface area contributed by atoms with Crippen LogP contribution in [0.4, 0.5) is 10.5 Å². The van der Waals surface area contributed by atoms with Crippen LogP contribution in [-0.4, -0.2) is 31.1 Å². The molecule has 0 bridgehead atoms. The third-order valence-corrected chi connectivity index (χ3v) is 2.81. The first-order valence-corrected chi connectivity index (χ1v) is 5.82. The lowest BCUT2D eigenvalue weighted by Crippen LogP contribution is -2.42. The molecular formula is C12H16N4O2. The molecule has 2 rings (SSSR count). The molecule has 6 heteroatoms. The Morgan fingerprint density at radius 1 is 1.28 bits per heavy atom. The van der Waals surface area contributed by atoms with E-state index in [1.54, 1.807) is 0 Å². The lowest BCUT2D eigenvalue weighted by Gasteiger charge is -2.11. The van der Waals surface area contributed by atoms with E-state index in [0.717, 1.165) is 11.3 Å². The molecular weight excluding hydrogens is 232 g/mol. The van der Waals surface area contributed by atoms with Crippen molar-refractivity contribution in [1.29, 1.82) is 0 Å². The van der Waals surface area contributed by atoms with Crippen LogP contribution in [0.3, 0.4) is 0 Å². The maximum absolute atomic E-state index is 11.8. The zero-order valence-corrected chi connectivity index (χ0v) is 9.90. The van der Waals surface area contributed by atoms with E-state index >= 15 is 0 Å². The highest BCUT2D eigenvalue weighted by Crippen LogP contribution is 2.24. The number of urea groups is 1. The van der Waals surface area contributed by atoms with Crippen molar-refractivity contribution in [3.8, 4) is 0 Å². The van der Waals surface area contributed by atoms with Gasteiger partial charge in [-0.1, -0.05) is 18.2 Å². The molecule has 0 aromatic heterocycles. The van der Waals surface area contributed by atoms with Gasteiger partial charge in [0.1, 0.15) is 6.04 Å². The quantitative estimate of drug-likeness (QED) is 0.556. The number of hydrogen-bond donors (Lipinski definition) is 4. The number of benzene rings is 1. The standard InChI is InChI=1S/C12H16N4O2/c13-12(18)15-6-5-14-11(17)10-7-8-3-1-2-4-9(8)16-10/h1-4,10,16H,5-7H2,(H,14,17)(H3,13,15,18)/t10-/m0/s1. The van der Waals surface area contributed by atoms with Crippen LogP contribution in [0.5, 0.6) is 0 Å². The topological polar surface area (TPSA) is 96.2 Å². The molecule has 1 aliphatic heterocycles. The number of primary amides is 1. The van der Waals surface area contributed by atoms with Gasteiger partial charge in [0, 0.05) is 25.2 Å². The molecule has 0 unspecified atom stereocenters. The summed E-state index contributed by atoms with van der Waals surface area (Å²) in [7, 11) is 0. The number of hydrogen-bond acceptors (Lipinski definition) is 3. The summed E-state index contributed by atoms with van der Waals surface area (Å²) in [6.45, 7) is 0.705. The van der Waals surface area contributed by atoms with Crippen molar-refractivity contribution in [3.05, 3.63) is 29.8 Å². The highest BCUT2D eigenvalue weighted by Gasteiger charge is 2.25. The zero-order valence-electron chi connectivity index (χ0n) is 9.90. The van der Waals surface area contributed by atoms with Gasteiger partial charge in [-0.15, -0.1) is 0 Å². The summed E-state index contributed by atoms with van der Waals surface area (Å²) < 4.78 is 0. The normalized spacial score (nSPS) is 16.6. The first-order valence-electron chi connectivity index (χ1n) is 5.82. The number of nitrogens with one attached hydrogen (secondary N) is 3. The Morgan fingerprint density at radius 2 is 2.00 bits per heavy atom. The molecule has 18 heavy (non-hydrogen) atoms. The van der Waals surface area contributed by atoms with Crippen LogP contribution in [0.15, 0.2) is 24.3 Å². The molecule has 3 amide bonds. The van der Waals surface area contributed by atoms with E-state index in [2.05, 4.69) is 16.0 Å². The predicted octanol–water partition coefficient (Wildman–Crippen LogP) is -0.192. The van der Waals surface area contributed by atoms with E-state index in [0.29, 0.717) is 19.5 Å². The third kappa shape index (κ3) is 2.91. The van der Waals surface area contributed by atoms with Crippen molar-refractivity contribution in [2.45, 2.75) is 12.5 Å². The smallest absolute Gasteiger partial charge is 0.312 e. The summed E-state index contributed by atoms with van der Waals surface area (Å²) in [6, 6.07) is 7.02. The number of fused-ring (bicyclic) bond motifs is 1. The third-order valence-electron chi connectivity index (χ3n) is 2.81. The molecule has 1 aromatic carbocycles. The van der Waals surface area contributed by atoms with Gasteiger partial charge in [-0.3, -0.25) is 4.79 Å². The monoisotopic (exact) mass is 248 g/mol. The second-order valence-electron chi connectivity index (χ2n) is 4.14. The molecule has 0 saturated heterocycles. The summed E-state index contributed by atoms with van der Waals surface area (Å²) in [5.41, 5.74) is 7.07. The van der Waals surface area contributed by atoms with Crippen LogP contribution < -0.4 is 21.7 Å². The van der Waals surface area contributed by atoms with Gasteiger partial charge in [0.05, 0.1) is 0 Å². The molecule has 1 heterocycles. The lowest BCUT2D eigenvalue weighted by molar-refractivity contribution is -0.121. The van der Waals surface area contributed by atoms with Crippen molar-refractivity contribution < 1.29 is 9.59 Å². The Hall–Kier alpha value is -2.24. The second kappa shape index (κ2) is 5.39. The van der Waals surface area contributed by atoms with E-state index < -0.39 is 6.03 Å². The molecule has 1 atom stereocenters. The molecule has 0 aliphatic carbocycles. The Kier molecular flexibility index (Phi) is 3.66. The number of carbonyl (C=O) groups is 2. The fraction of sp³-hybridized carbons (Fsp3) is 0.333. The Balaban J connectivity index is 1.77. The van der Waals surface area contributed by atoms with Crippen molar-refractivity contribution in [2.75, 3.05) is 18.4 Å². The molecule has 0 spiro atoms. The molecule has 96 valence electrons. The average Bonchev–Trinajstić information content (AvgIpc) is 2.78. The van der Waals surface area contributed by atoms with Crippen LogP contribution >= 0.6 is 0 Å². The van der Waals surface area contributed by atoms with Crippen LogP contribution in [-0.2, 0) is 11.2 Å². The Labute approximate surface area is 105 Å². The highest BCUT2D eigenvalue weighted by atomic mass is 16.2. The number of carbonyl (C=O) groups excluding carboxylic acids is 2. The first-order chi connectivity index (χ1) is 8.66. The van der Waals surface area contributed by atoms with E-state index in [9.17, 15) is 9.59 Å². The molecule has 5 N–H and O–H groups in total. The summed E-state index contributed by atoms with van der Waals surface area (Å²) in [6.07, 6.45) is 0.686. The van der Waals surface area contributed by atoms with E-state index in [1.807, 2.05) is 24.3 Å². The number of anilines is 1. The van der Waals surface area contributed by atoms with Gasteiger partial charge in [0.25, 0.3) is 0 Å². The minimum absolute atomic E-state index is 0.0718. The minimum atomic E-state index is -0.587. The Morgan fingerprint density at radius 3 is 2.72 bits per heavy atom. The van der Waals surface area contributed by atoms with Gasteiger partial charge < -0.3 is 21.7 Å². The van der Waals surface area contributed by atoms with Crippen LogP contribution in [0.1, 0.15) is 5.56 Å². The van der Waals surface area contributed by atoms with Crippen molar-refractivity contribution in [3.63, 3.8) is 0 Å². The second-order valence-corrected chi connectivity index (χ2v) is 4.14. The van der Waals surface area contributed by atoms with E-state index in [4.69, 9.17) is 5.73 Å². The summed E-state index contributed by atoms with van der Waals surface area (Å²) in [4.78, 5) is 22.3. The molecule has 0 saturated carbocycles. The molecule has 6 nitrogen and oxygen atoms in total. The first kappa shape index (κ1) is 12.2. The lowest BCUT2D eigenvalue weighted by atomic mass is 10.1. The number of amides is 3. The molecule has 0 radical (unpaired) electrons. The average molecular weight is 248 g/mol. The van der Waals surface area contributed by atoms with Crippen molar-refractivity contribution in [1.82, 2.24) is 10.6 Å². The fourth-order valence-electron chi connectivity index (χ4n) is 1.95. The SMILES string of the molecule is NC(=O)NCCNC(=O)[C@@H]1Cc2ccccc2N1. The van der Waals surface area contributed by atoms with Gasteiger partial charge in [0.2, 0.25) is 5.91 Å². The molecule has 1 aliphatic rings. The zero-order chi connectivity index (χ0) is 13.0. The van der Waals surface area contributed by atoms with Crippen LogP contribution in [0.2, 0.25) is 0 Å². The largest absolute Gasteiger partial charge is 0.373 e. The van der Waals surface area contributed by atoms with Crippen LogP contribution in [0, 0.1) is 0 Å². The van der Waals surface area contributed by atoms with Crippen LogP contribution in [0.25, 0.3) is 0 Å². The number of rotatable bonds is 4. The number of nitrogens with two attached hydrogens (primary N) is 1. The predicted molar refractivity (Wildman–Crippen MR) is 68.2 cm³/mol. The highest BCUT2D eigenvalue weighted by molar-refractivity contribution is 5.87. The summed E-state index contributed by atoms with van der Waals surface area (Å²) >= 11 is 0. The van der Waals surface area contributed by atoms with Gasteiger partial charge in [-0.05, 0) is 11.6 Å². The van der Waals surface area contributed by atoms with Gasteiger partial charge in [-0.25, -0.2) is 4.79 Å². The van der Waals surface area contributed by atoms with Gasteiger partial charge >= 0.3 is 6.03 Å². The maximum atomic E-state index is 11.8. The summed E-state index contributed by atoms with van der Waals surface area (Å²) in [5.74, 6) is -0.0718. The Bertz CT molecular complexity index is 436. The van der Waals surface area contributed by atoms with E-state index in [-0.39, 0.29) is 11.9 Å².